The van der Waals surface area contributed by atoms with Crippen LogP contribution in [-0.4, -0.2) is 14.2 Å². The molecule has 0 amide bonds. The second-order valence-electron chi connectivity index (χ2n) is 3.28. The molecule has 0 heterocycles. The van der Waals surface area contributed by atoms with Gasteiger partial charge in [0.1, 0.15) is 0 Å². The highest BCUT2D eigenvalue weighted by Gasteiger charge is 2.38. The molecule has 0 radical (unpaired) electrons. The standard InChI is InChI=1S/C7H10FNO2S/c8-12(10,11)6-7(5-9)3-1-2-4-7/h1-4,6H2. The van der Waals surface area contributed by atoms with Gasteiger partial charge in [-0.2, -0.15) is 13.7 Å². The van der Waals surface area contributed by atoms with E-state index < -0.39 is 21.4 Å². The third kappa shape index (κ3) is 2.18. The van der Waals surface area contributed by atoms with Crippen LogP contribution in [0.2, 0.25) is 0 Å². The number of rotatable bonds is 2. The maximum Gasteiger partial charge on any atom is 0.303 e. The summed E-state index contributed by atoms with van der Waals surface area (Å²) in [7, 11) is -4.50. The van der Waals surface area contributed by atoms with Gasteiger partial charge < -0.3 is 0 Å². The third-order valence-corrected chi connectivity index (χ3v) is 3.14. The highest BCUT2D eigenvalue weighted by Crippen LogP contribution is 2.38. The molecule has 0 unspecified atom stereocenters. The number of halogens is 1. The van der Waals surface area contributed by atoms with Crippen LogP contribution < -0.4 is 0 Å². The first-order chi connectivity index (χ1) is 5.47. The van der Waals surface area contributed by atoms with Crippen LogP contribution in [0.4, 0.5) is 3.89 Å². The van der Waals surface area contributed by atoms with Crippen molar-refractivity contribution in [3.05, 3.63) is 0 Å². The first-order valence-corrected chi connectivity index (χ1v) is 5.36. The van der Waals surface area contributed by atoms with Crippen LogP contribution in [0.25, 0.3) is 0 Å². The van der Waals surface area contributed by atoms with Gasteiger partial charge in [-0.1, -0.05) is 12.8 Å². The molecule has 12 heavy (non-hydrogen) atoms. The van der Waals surface area contributed by atoms with E-state index in [1.54, 1.807) is 0 Å². The van der Waals surface area contributed by atoms with E-state index >= 15 is 0 Å². The molecular weight excluding hydrogens is 181 g/mol. The van der Waals surface area contributed by atoms with Crippen molar-refractivity contribution in [3.63, 3.8) is 0 Å². The van der Waals surface area contributed by atoms with Crippen LogP contribution >= 0.6 is 0 Å². The minimum absolute atomic E-state index is 0.507. The average Bonchev–Trinajstić information content (AvgIpc) is 2.34. The summed E-state index contributed by atoms with van der Waals surface area (Å²) in [5.74, 6) is -0.628. The smallest absolute Gasteiger partial charge is 0.198 e. The molecule has 0 N–H and O–H groups in total. The van der Waals surface area contributed by atoms with Crippen molar-refractivity contribution in [2.45, 2.75) is 25.7 Å². The molecule has 1 rings (SSSR count). The van der Waals surface area contributed by atoms with E-state index in [0.29, 0.717) is 12.8 Å². The minimum Gasteiger partial charge on any atom is -0.198 e. The molecule has 68 valence electrons. The highest BCUT2D eigenvalue weighted by atomic mass is 32.3. The number of hydrogen-bond donors (Lipinski definition) is 0. The SMILES string of the molecule is N#CC1(CS(=O)(=O)F)CCCC1. The molecule has 0 aliphatic heterocycles. The Balaban J connectivity index is 2.77. The Morgan fingerprint density at radius 3 is 2.25 bits per heavy atom. The third-order valence-electron chi connectivity index (χ3n) is 2.25. The Hall–Kier alpha value is -0.630. The van der Waals surface area contributed by atoms with E-state index in [1.165, 1.54) is 0 Å². The maximum absolute atomic E-state index is 12.3. The normalized spacial score (nSPS) is 22.0. The van der Waals surface area contributed by atoms with Gasteiger partial charge in [-0.05, 0) is 12.8 Å². The van der Waals surface area contributed by atoms with Gasteiger partial charge in [-0.25, -0.2) is 0 Å². The van der Waals surface area contributed by atoms with Gasteiger partial charge in [0.2, 0.25) is 0 Å². The molecule has 0 aromatic heterocycles. The molecule has 1 saturated carbocycles. The number of nitriles is 1. The van der Waals surface area contributed by atoms with E-state index in [4.69, 9.17) is 5.26 Å². The summed E-state index contributed by atoms with van der Waals surface area (Å²) in [4.78, 5) is 0. The van der Waals surface area contributed by atoms with Crippen molar-refractivity contribution in [1.29, 1.82) is 5.26 Å². The van der Waals surface area contributed by atoms with Crippen LogP contribution in [0.3, 0.4) is 0 Å². The van der Waals surface area contributed by atoms with Crippen molar-refractivity contribution in [2.75, 3.05) is 5.75 Å². The van der Waals surface area contributed by atoms with Crippen molar-refractivity contribution >= 4 is 10.2 Å². The zero-order chi connectivity index (χ0) is 9.24. The highest BCUT2D eigenvalue weighted by molar-refractivity contribution is 7.86. The van der Waals surface area contributed by atoms with Gasteiger partial charge in [0.05, 0.1) is 17.2 Å². The monoisotopic (exact) mass is 191 g/mol. The summed E-state index contributed by atoms with van der Waals surface area (Å²) in [6.45, 7) is 0. The largest absolute Gasteiger partial charge is 0.303 e. The summed E-state index contributed by atoms with van der Waals surface area (Å²) in [5, 5.41) is 8.70. The van der Waals surface area contributed by atoms with Crippen LogP contribution in [-0.2, 0) is 10.2 Å². The van der Waals surface area contributed by atoms with Crippen LogP contribution in [0.1, 0.15) is 25.7 Å². The average molecular weight is 191 g/mol. The van der Waals surface area contributed by atoms with Crippen molar-refractivity contribution in [2.24, 2.45) is 5.41 Å². The topological polar surface area (TPSA) is 57.9 Å². The predicted octanol–water partition coefficient (Wildman–Crippen LogP) is 1.37. The van der Waals surface area contributed by atoms with Crippen LogP contribution in [0, 0.1) is 16.7 Å². The van der Waals surface area contributed by atoms with E-state index in [2.05, 4.69) is 0 Å². The second-order valence-corrected chi connectivity index (χ2v) is 4.65. The van der Waals surface area contributed by atoms with Crippen molar-refractivity contribution in [1.82, 2.24) is 0 Å². The second kappa shape index (κ2) is 3.02. The molecule has 1 aliphatic rings. The van der Waals surface area contributed by atoms with Crippen molar-refractivity contribution < 1.29 is 12.3 Å². The zero-order valence-corrected chi connectivity index (χ0v) is 7.40. The van der Waals surface area contributed by atoms with E-state index in [9.17, 15) is 12.3 Å². The molecule has 5 heteroatoms. The van der Waals surface area contributed by atoms with Gasteiger partial charge in [0, 0.05) is 0 Å². The fourth-order valence-electron chi connectivity index (χ4n) is 1.67. The molecule has 0 aromatic rings. The fourth-order valence-corrected chi connectivity index (χ4v) is 2.68. The zero-order valence-electron chi connectivity index (χ0n) is 6.59. The molecule has 3 nitrogen and oxygen atoms in total. The maximum atomic E-state index is 12.3. The summed E-state index contributed by atoms with van der Waals surface area (Å²) < 4.78 is 33.0. The van der Waals surface area contributed by atoms with Gasteiger partial charge in [0.15, 0.2) is 0 Å². The lowest BCUT2D eigenvalue weighted by atomic mass is 9.91. The summed E-state index contributed by atoms with van der Waals surface area (Å²) in [6, 6.07) is 1.91. The van der Waals surface area contributed by atoms with Crippen LogP contribution in [0.5, 0.6) is 0 Å². The Labute approximate surface area is 71.4 Å². The first-order valence-electron chi connectivity index (χ1n) is 3.81. The van der Waals surface area contributed by atoms with Gasteiger partial charge in [-0.15, -0.1) is 3.89 Å². The van der Waals surface area contributed by atoms with E-state index in [1.807, 2.05) is 6.07 Å². The first kappa shape index (κ1) is 9.46. The van der Waals surface area contributed by atoms with Gasteiger partial charge in [0.25, 0.3) is 0 Å². The van der Waals surface area contributed by atoms with E-state index in [0.717, 1.165) is 12.8 Å². The minimum atomic E-state index is -4.50. The Morgan fingerprint density at radius 2 is 1.92 bits per heavy atom. The Bertz CT molecular complexity index is 298. The molecule has 0 aromatic carbocycles. The summed E-state index contributed by atoms with van der Waals surface area (Å²) >= 11 is 0. The van der Waals surface area contributed by atoms with E-state index in [-0.39, 0.29) is 0 Å². The van der Waals surface area contributed by atoms with Gasteiger partial charge >= 0.3 is 10.2 Å². The van der Waals surface area contributed by atoms with Crippen molar-refractivity contribution in [3.8, 4) is 6.07 Å². The lowest BCUT2D eigenvalue weighted by molar-refractivity contribution is 0.443. The molecule has 0 saturated heterocycles. The molecule has 1 aliphatic carbocycles. The molecule has 0 spiro atoms. The number of nitrogens with zero attached hydrogens (tertiary/aromatic N) is 1. The molecule has 1 fully saturated rings. The fraction of sp³-hybridized carbons (Fsp3) is 0.857. The molecular formula is C7H10FNO2S. The van der Waals surface area contributed by atoms with Crippen LogP contribution in [0.15, 0.2) is 0 Å². The predicted molar refractivity (Wildman–Crippen MR) is 41.4 cm³/mol. The molecule has 0 atom stereocenters. The quantitative estimate of drug-likeness (QED) is 0.619. The lowest BCUT2D eigenvalue weighted by Crippen LogP contribution is -2.23. The number of hydrogen-bond acceptors (Lipinski definition) is 3. The Morgan fingerprint density at radius 1 is 1.42 bits per heavy atom. The van der Waals surface area contributed by atoms with Gasteiger partial charge in [-0.3, -0.25) is 0 Å². The summed E-state index contributed by atoms with van der Waals surface area (Å²) in [6.07, 6.45) is 2.66. The lowest BCUT2D eigenvalue weighted by Gasteiger charge is -2.16. The molecule has 0 bridgehead atoms. The Kier molecular flexibility index (Phi) is 2.38. The summed E-state index contributed by atoms with van der Waals surface area (Å²) in [5.41, 5.74) is -0.937.